The number of urea groups is 1. The number of carbonyl (C=O) groups excluding carboxylic acids is 2. The van der Waals surface area contributed by atoms with Gasteiger partial charge >= 0.3 is 6.03 Å². The van der Waals surface area contributed by atoms with E-state index in [4.69, 9.17) is 21.1 Å². The Bertz CT molecular complexity index is 1070. The lowest BCUT2D eigenvalue weighted by Crippen LogP contribution is -2.55. The summed E-state index contributed by atoms with van der Waals surface area (Å²) in [5.74, 6) is 1.31. The maximum absolute atomic E-state index is 13.6. The molecule has 0 saturated carbocycles. The molecule has 0 aromatic heterocycles. The number of ether oxygens (including phenoxy) is 2. The molecule has 2 aromatic rings. The Balaban J connectivity index is 1.25. The van der Waals surface area contributed by atoms with Crippen molar-refractivity contribution in [3.63, 3.8) is 0 Å². The van der Waals surface area contributed by atoms with Gasteiger partial charge in [0.05, 0.1) is 6.54 Å². The fourth-order valence-electron chi connectivity index (χ4n) is 5.29. The summed E-state index contributed by atoms with van der Waals surface area (Å²) in [5.41, 5.74) is 1.19. The summed E-state index contributed by atoms with van der Waals surface area (Å²) in [6.07, 6.45) is 2.30. The van der Waals surface area contributed by atoms with Gasteiger partial charge in [0, 0.05) is 11.6 Å². The molecule has 3 amide bonds. The van der Waals surface area contributed by atoms with E-state index in [1.807, 2.05) is 43.3 Å². The normalized spacial score (nSPS) is 23.3. The molecule has 2 aromatic carbocycles. The average Bonchev–Trinajstić information content (AvgIpc) is 3.38. The van der Waals surface area contributed by atoms with Crippen molar-refractivity contribution in [3.05, 3.63) is 58.6 Å². The molecule has 3 heterocycles. The van der Waals surface area contributed by atoms with E-state index in [-0.39, 0.29) is 31.2 Å². The van der Waals surface area contributed by atoms with Crippen LogP contribution in [0.4, 0.5) is 4.79 Å². The van der Waals surface area contributed by atoms with Crippen LogP contribution in [0.3, 0.4) is 0 Å². The molecule has 0 spiro atoms. The Labute approximate surface area is 198 Å². The maximum Gasteiger partial charge on any atom is 0.325 e. The minimum Gasteiger partial charge on any atom is -0.454 e. The number of hydrogen-bond donors (Lipinski definition) is 1. The molecule has 2 saturated heterocycles. The third kappa shape index (κ3) is 4.15. The van der Waals surface area contributed by atoms with Crippen molar-refractivity contribution >= 4 is 23.5 Å². The van der Waals surface area contributed by atoms with Crippen molar-refractivity contribution in [2.24, 2.45) is 5.92 Å². The molecule has 0 bridgehead atoms. The van der Waals surface area contributed by atoms with Crippen molar-refractivity contribution in [2.45, 2.75) is 44.8 Å². The van der Waals surface area contributed by atoms with Crippen LogP contribution in [0.5, 0.6) is 11.5 Å². The number of imide groups is 1. The van der Waals surface area contributed by atoms with Gasteiger partial charge in [-0.15, -0.1) is 0 Å². The van der Waals surface area contributed by atoms with Gasteiger partial charge in [-0.1, -0.05) is 36.7 Å². The third-order valence-corrected chi connectivity index (χ3v) is 7.35. The highest BCUT2D eigenvalue weighted by Crippen LogP contribution is 2.38. The lowest BCUT2D eigenvalue weighted by atomic mass is 9.75. The van der Waals surface area contributed by atoms with E-state index in [1.165, 1.54) is 10.5 Å². The van der Waals surface area contributed by atoms with Crippen LogP contribution < -0.4 is 14.8 Å². The van der Waals surface area contributed by atoms with Crippen molar-refractivity contribution < 1.29 is 19.1 Å². The molecule has 0 unspecified atom stereocenters. The maximum atomic E-state index is 13.6. The molecule has 5 rings (SSSR count). The second-order valence-electron chi connectivity index (χ2n) is 9.01. The number of carbonyl (C=O) groups is 2. The molecule has 174 valence electrons. The largest absolute Gasteiger partial charge is 0.454 e. The van der Waals surface area contributed by atoms with Gasteiger partial charge in [-0.3, -0.25) is 14.6 Å². The average molecular weight is 470 g/mol. The summed E-state index contributed by atoms with van der Waals surface area (Å²) in [4.78, 5) is 30.2. The second-order valence-corrected chi connectivity index (χ2v) is 9.45. The number of rotatable bonds is 6. The Morgan fingerprint density at radius 1 is 1.03 bits per heavy atom. The van der Waals surface area contributed by atoms with Crippen LogP contribution >= 0.6 is 11.6 Å². The highest BCUT2D eigenvalue weighted by Gasteiger charge is 2.54. The predicted octanol–water partition coefficient (Wildman–Crippen LogP) is 4.18. The van der Waals surface area contributed by atoms with Crippen molar-refractivity contribution in [3.8, 4) is 11.5 Å². The molecule has 8 heteroatoms. The third-order valence-electron chi connectivity index (χ3n) is 7.12. The van der Waals surface area contributed by atoms with Gasteiger partial charge < -0.3 is 14.8 Å². The molecule has 1 N–H and O–H groups in total. The summed E-state index contributed by atoms with van der Waals surface area (Å²) in [6, 6.07) is 13.1. The molecule has 3 aliphatic rings. The topological polar surface area (TPSA) is 71.1 Å². The minimum absolute atomic E-state index is 0.108. The quantitative estimate of drug-likeness (QED) is 0.642. The summed E-state index contributed by atoms with van der Waals surface area (Å²) in [6.45, 7) is 4.99. The molecule has 3 aliphatic heterocycles. The first-order valence-electron chi connectivity index (χ1n) is 11.5. The van der Waals surface area contributed by atoms with Gasteiger partial charge in [0.25, 0.3) is 5.91 Å². The SMILES string of the molecule is CC[C@]1(C2CCN(Cc3cccc(Cl)c3)CC2)NC(=O)N(Cc2ccc3c(c2)OCO3)C1=O. The number of fused-ring (bicyclic) bond motifs is 1. The van der Waals surface area contributed by atoms with E-state index in [0.717, 1.165) is 43.1 Å². The highest BCUT2D eigenvalue weighted by molar-refractivity contribution is 6.30. The molecule has 0 radical (unpaired) electrons. The number of hydrogen-bond acceptors (Lipinski definition) is 5. The van der Waals surface area contributed by atoms with Gasteiger partial charge in [0.2, 0.25) is 6.79 Å². The van der Waals surface area contributed by atoms with Crippen LogP contribution in [0.25, 0.3) is 0 Å². The van der Waals surface area contributed by atoms with Gasteiger partial charge in [-0.25, -0.2) is 4.79 Å². The molecule has 0 aliphatic carbocycles. The molecule has 33 heavy (non-hydrogen) atoms. The highest BCUT2D eigenvalue weighted by atomic mass is 35.5. The molecule has 2 fully saturated rings. The van der Waals surface area contributed by atoms with Crippen LogP contribution in [-0.2, 0) is 17.9 Å². The Morgan fingerprint density at radius 2 is 1.79 bits per heavy atom. The summed E-state index contributed by atoms with van der Waals surface area (Å²) < 4.78 is 10.8. The minimum atomic E-state index is -0.838. The number of nitrogens with one attached hydrogen (secondary N) is 1. The summed E-state index contributed by atoms with van der Waals surface area (Å²) in [5, 5.41) is 3.82. The Hall–Kier alpha value is -2.77. The zero-order chi connectivity index (χ0) is 23.0. The lowest BCUT2D eigenvalue weighted by molar-refractivity contribution is -0.134. The van der Waals surface area contributed by atoms with E-state index in [9.17, 15) is 9.59 Å². The molecular weight excluding hydrogens is 442 g/mol. The summed E-state index contributed by atoms with van der Waals surface area (Å²) >= 11 is 6.12. The van der Waals surface area contributed by atoms with Gasteiger partial charge in [-0.05, 0) is 73.7 Å². The molecular formula is C25H28ClN3O4. The fraction of sp³-hybridized carbons (Fsp3) is 0.440. The van der Waals surface area contributed by atoms with E-state index < -0.39 is 5.54 Å². The molecule has 7 nitrogen and oxygen atoms in total. The van der Waals surface area contributed by atoms with Crippen LogP contribution in [0, 0.1) is 5.92 Å². The number of likely N-dealkylation sites (tertiary alicyclic amines) is 1. The monoisotopic (exact) mass is 469 g/mol. The van der Waals surface area contributed by atoms with Crippen LogP contribution in [0.1, 0.15) is 37.3 Å². The predicted molar refractivity (Wildman–Crippen MR) is 124 cm³/mol. The standard InChI is InChI=1S/C25H28ClN3O4/c1-2-25(19-8-10-28(11-9-19)14-17-4-3-5-20(26)12-17)23(30)29(24(31)27-25)15-18-6-7-21-22(13-18)33-16-32-21/h3-7,12-13,19H,2,8-11,14-16H2,1H3,(H,27,31)/t25-/m1/s1. The van der Waals surface area contributed by atoms with E-state index >= 15 is 0 Å². The van der Waals surface area contributed by atoms with Crippen molar-refractivity contribution in [2.75, 3.05) is 19.9 Å². The van der Waals surface area contributed by atoms with E-state index in [0.29, 0.717) is 17.9 Å². The van der Waals surface area contributed by atoms with E-state index in [1.54, 1.807) is 0 Å². The summed E-state index contributed by atoms with van der Waals surface area (Å²) in [7, 11) is 0. The van der Waals surface area contributed by atoms with Gasteiger partial charge in [-0.2, -0.15) is 0 Å². The van der Waals surface area contributed by atoms with Crippen LogP contribution in [-0.4, -0.2) is 47.2 Å². The number of nitrogens with zero attached hydrogens (tertiary/aromatic N) is 2. The van der Waals surface area contributed by atoms with E-state index in [2.05, 4.69) is 16.3 Å². The first kappa shape index (κ1) is 22.0. The van der Waals surface area contributed by atoms with Crippen molar-refractivity contribution in [1.82, 2.24) is 15.1 Å². The smallest absolute Gasteiger partial charge is 0.325 e. The molecule has 1 atom stereocenters. The fourth-order valence-corrected chi connectivity index (χ4v) is 5.51. The second kappa shape index (κ2) is 8.88. The number of benzene rings is 2. The zero-order valence-corrected chi connectivity index (χ0v) is 19.4. The van der Waals surface area contributed by atoms with Gasteiger partial charge in [0.15, 0.2) is 11.5 Å². The lowest BCUT2D eigenvalue weighted by Gasteiger charge is -2.40. The zero-order valence-electron chi connectivity index (χ0n) is 18.7. The Morgan fingerprint density at radius 3 is 2.55 bits per heavy atom. The number of halogens is 1. The number of amides is 3. The van der Waals surface area contributed by atoms with Gasteiger partial charge in [0.1, 0.15) is 5.54 Å². The number of piperidine rings is 1. The van der Waals surface area contributed by atoms with Crippen LogP contribution in [0.15, 0.2) is 42.5 Å². The Kier molecular flexibility index (Phi) is 5.93. The van der Waals surface area contributed by atoms with Crippen molar-refractivity contribution in [1.29, 1.82) is 0 Å². The van der Waals surface area contributed by atoms with Crippen LogP contribution in [0.2, 0.25) is 5.02 Å². The first-order valence-corrected chi connectivity index (χ1v) is 11.9. The first-order chi connectivity index (χ1) is 16.0.